The first-order chi connectivity index (χ1) is 7.70. The Kier molecular flexibility index (Phi) is 2.83. The van der Waals surface area contributed by atoms with Gasteiger partial charge in [0, 0.05) is 5.56 Å². The van der Waals surface area contributed by atoms with Gasteiger partial charge < -0.3 is 10.2 Å². The molecule has 3 nitrogen and oxygen atoms in total. The molecule has 1 aromatic carbocycles. The van der Waals surface area contributed by atoms with E-state index in [0.29, 0.717) is 5.76 Å². The van der Waals surface area contributed by atoms with Gasteiger partial charge in [0.05, 0.1) is 6.54 Å². The van der Waals surface area contributed by atoms with Crippen LogP contribution in [0.2, 0.25) is 0 Å². The molecular weight excluding hydrogens is 209 g/mol. The van der Waals surface area contributed by atoms with Crippen molar-refractivity contribution in [2.45, 2.75) is 0 Å². The van der Waals surface area contributed by atoms with Crippen LogP contribution >= 0.6 is 0 Å². The maximum Gasteiger partial charge on any atom is 0.211 e. The van der Waals surface area contributed by atoms with E-state index in [1.807, 2.05) is 0 Å². The van der Waals surface area contributed by atoms with Gasteiger partial charge in [-0.2, -0.15) is 0 Å². The number of hydrogen-bond acceptors (Lipinski definition) is 3. The number of nitrogens with two attached hydrogens (primary N) is 1. The van der Waals surface area contributed by atoms with Gasteiger partial charge in [0.1, 0.15) is 11.6 Å². The maximum absolute atomic E-state index is 12.7. The van der Waals surface area contributed by atoms with Crippen LogP contribution in [0.3, 0.4) is 0 Å². The SMILES string of the molecule is NCC(=O)c1ccc(-c2ccc(F)cc2)o1. The Labute approximate surface area is 91.7 Å². The minimum absolute atomic E-state index is 0.0869. The smallest absolute Gasteiger partial charge is 0.211 e. The summed E-state index contributed by atoms with van der Waals surface area (Å²) in [7, 11) is 0. The second-order valence-corrected chi connectivity index (χ2v) is 3.30. The summed E-state index contributed by atoms with van der Waals surface area (Å²) in [5.41, 5.74) is 5.93. The van der Waals surface area contributed by atoms with E-state index in [0.717, 1.165) is 5.56 Å². The lowest BCUT2D eigenvalue weighted by Crippen LogP contribution is -2.12. The van der Waals surface area contributed by atoms with Gasteiger partial charge in [0.25, 0.3) is 0 Å². The highest BCUT2D eigenvalue weighted by Gasteiger charge is 2.10. The van der Waals surface area contributed by atoms with E-state index in [1.165, 1.54) is 12.1 Å². The zero-order valence-electron chi connectivity index (χ0n) is 8.44. The van der Waals surface area contributed by atoms with Gasteiger partial charge in [-0.25, -0.2) is 4.39 Å². The first-order valence-corrected chi connectivity index (χ1v) is 4.80. The molecule has 2 aromatic rings. The number of carbonyl (C=O) groups excluding carboxylic acids is 1. The number of carbonyl (C=O) groups is 1. The maximum atomic E-state index is 12.7. The molecule has 0 bridgehead atoms. The first kappa shape index (κ1) is 10.6. The van der Waals surface area contributed by atoms with Crippen molar-refractivity contribution in [1.29, 1.82) is 0 Å². The van der Waals surface area contributed by atoms with Gasteiger partial charge >= 0.3 is 0 Å². The second kappa shape index (κ2) is 4.28. The number of ketones is 1. The largest absolute Gasteiger partial charge is 0.453 e. The lowest BCUT2D eigenvalue weighted by atomic mass is 10.2. The van der Waals surface area contributed by atoms with Crippen LogP contribution in [0, 0.1) is 5.82 Å². The van der Waals surface area contributed by atoms with Crippen molar-refractivity contribution in [3.05, 3.63) is 48.0 Å². The predicted molar refractivity (Wildman–Crippen MR) is 57.5 cm³/mol. The average Bonchev–Trinajstić information content (AvgIpc) is 2.78. The third-order valence-corrected chi connectivity index (χ3v) is 2.19. The molecule has 4 heteroatoms. The molecule has 0 fully saturated rings. The molecule has 2 N–H and O–H groups in total. The quantitative estimate of drug-likeness (QED) is 0.805. The highest BCUT2D eigenvalue weighted by atomic mass is 19.1. The summed E-state index contributed by atoms with van der Waals surface area (Å²) in [6.45, 7) is -0.0869. The average molecular weight is 219 g/mol. The fourth-order valence-electron chi connectivity index (χ4n) is 1.36. The fourth-order valence-corrected chi connectivity index (χ4v) is 1.36. The summed E-state index contributed by atoms with van der Waals surface area (Å²) in [5, 5.41) is 0. The molecule has 0 unspecified atom stereocenters. The molecule has 0 radical (unpaired) electrons. The third-order valence-electron chi connectivity index (χ3n) is 2.19. The van der Waals surface area contributed by atoms with E-state index in [4.69, 9.17) is 10.2 Å². The monoisotopic (exact) mass is 219 g/mol. The van der Waals surface area contributed by atoms with Crippen LogP contribution in [-0.2, 0) is 0 Å². The topological polar surface area (TPSA) is 56.2 Å². The summed E-state index contributed by atoms with van der Waals surface area (Å²) < 4.78 is 18.0. The van der Waals surface area contributed by atoms with Crippen molar-refractivity contribution in [2.75, 3.05) is 6.54 Å². The zero-order valence-corrected chi connectivity index (χ0v) is 8.44. The Morgan fingerprint density at radius 2 is 1.88 bits per heavy atom. The molecule has 0 aliphatic rings. The molecule has 0 amide bonds. The van der Waals surface area contributed by atoms with E-state index in [-0.39, 0.29) is 23.9 Å². The van der Waals surface area contributed by atoms with E-state index < -0.39 is 0 Å². The van der Waals surface area contributed by atoms with Crippen molar-refractivity contribution in [1.82, 2.24) is 0 Å². The molecule has 1 aromatic heterocycles. The van der Waals surface area contributed by atoms with Crippen LogP contribution in [0.25, 0.3) is 11.3 Å². The van der Waals surface area contributed by atoms with E-state index in [2.05, 4.69) is 0 Å². The predicted octanol–water partition coefficient (Wildman–Crippen LogP) is 2.23. The molecule has 82 valence electrons. The molecule has 2 rings (SSSR count). The summed E-state index contributed by atoms with van der Waals surface area (Å²) >= 11 is 0. The van der Waals surface area contributed by atoms with Gasteiger partial charge in [-0.15, -0.1) is 0 Å². The highest BCUT2D eigenvalue weighted by molar-refractivity contribution is 5.95. The van der Waals surface area contributed by atoms with Crippen molar-refractivity contribution in [2.24, 2.45) is 5.73 Å². The van der Waals surface area contributed by atoms with Crippen LogP contribution in [0.5, 0.6) is 0 Å². The van der Waals surface area contributed by atoms with E-state index >= 15 is 0 Å². The number of Topliss-reactive ketones (excluding diaryl/α,β-unsaturated/α-hetero) is 1. The van der Waals surface area contributed by atoms with Crippen molar-refractivity contribution in [3.8, 4) is 11.3 Å². The Morgan fingerprint density at radius 1 is 1.19 bits per heavy atom. The first-order valence-electron chi connectivity index (χ1n) is 4.80. The summed E-state index contributed by atoms with van der Waals surface area (Å²) in [6, 6.07) is 9.07. The second-order valence-electron chi connectivity index (χ2n) is 3.30. The van der Waals surface area contributed by atoms with Gasteiger partial charge in [0.15, 0.2) is 5.76 Å². The van der Waals surface area contributed by atoms with E-state index in [1.54, 1.807) is 24.3 Å². The molecule has 0 aliphatic heterocycles. The van der Waals surface area contributed by atoms with Gasteiger partial charge in [-0.1, -0.05) is 0 Å². The standard InChI is InChI=1S/C12H10FNO2/c13-9-3-1-8(2-4-9)11-5-6-12(16-11)10(15)7-14/h1-6H,7,14H2. The molecule has 0 aliphatic carbocycles. The lowest BCUT2D eigenvalue weighted by molar-refractivity contribution is 0.0976. The Morgan fingerprint density at radius 3 is 2.50 bits per heavy atom. The summed E-state index contributed by atoms with van der Waals surface area (Å²) in [4.78, 5) is 11.2. The normalized spacial score (nSPS) is 10.4. The van der Waals surface area contributed by atoms with Crippen molar-refractivity contribution >= 4 is 5.78 Å². The minimum atomic E-state index is -0.312. The Balaban J connectivity index is 2.31. The highest BCUT2D eigenvalue weighted by Crippen LogP contribution is 2.22. The molecule has 0 atom stereocenters. The summed E-state index contributed by atoms with van der Waals surface area (Å²) in [5.74, 6) is 0.181. The van der Waals surface area contributed by atoms with Crippen LogP contribution in [-0.4, -0.2) is 12.3 Å². The number of furan rings is 1. The number of benzene rings is 1. The van der Waals surface area contributed by atoms with Crippen molar-refractivity contribution < 1.29 is 13.6 Å². The molecule has 1 heterocycles. The lowest BCUT2D eigenvalue weighted by Gasteiger charge is -1.96. The van der Waals surface area contributed by atoms with Gasteiger partial charge in [-0.3, -0.25) is 4.79 Å². The number of rotatable bonds is 3. The third kappa shape index (κ3) is 2.01. The van der Waals surface area contributed by atoms with E-state index in [9.17, 15) is 9.18 Å². The fraction of sp³-hybridized carbons (Fsp3) is 0.0833. The zero-order chi connectivity index (χ0) is 11.5. The Bertz CT molecular complexity index is 502. The van der Waals surface area contributed by atoms with Crippen LogP contribution < -0.4 is 5.73 Å². The molecule has 0 spiro atoms. The minimum Gasteiger partial charge on any atom is -0.453 e. The number of hydrogen-bond donors (Lipinski definition) is 1. The van der Waals surface area contributed by atoms with Crippen LogP contribution in [0.4, 0.5) is 4.39 Å². The molecule has 0 saturated heterocycles. The Hall–Kier alpha value is -1.94. The molecular formula is C12H10FNO2. The number of halogens is 1. The van der Waals surface area contributed by atoms with Crippen LogP contribution in [0.15, 0.2) is 40.8 Å². The molecule has 0 saturated carbocycles. The van der Waals surface area contributed by atoms with Gasteiger partial charge in [-0.05, 0) is 36.4 Å². The summed E-state index contributed by atoms with van der Waals surface area (Å²) in [6.07, 6.45) is 0. The van der Waals surface area contributed by atoms with Gasteiger partial charge in [0.2, 0.25) is 5.78 Å². The van der Waals surface area contributed by atoms with Crippen molar-refractivity contribution in [3.63, 3.8) is 0 Å². The van der Waals surface area contributed by atoms with Crippen LogP contribution in [0.1, 0.15) is 10.6 Å². The molecule has 16 heavy (non-hydrogen) atoms.